The molecule has 0 saturated carbocycles. The van der Waals surface area contributed by atoms with Crippen LogP contribution in [0, 0.1) is 0 Å². The monoisotopic (exact) mass is 411 g/mol. The molecule has 0 amide bonds. The van der Waals surface area contributed by atoms with Gasteiger partial charge in [-0.25, -0.2) is 13.4 Å². The Kier molecular flexibility index (Phi) is 5.27. The lowest BCUT2D eigenvalue weighted by Gasteiger charge is -2.28. The number of sulfonamides is 1. The summed E-state index contributed by atoms with van der Waals surface area (Å²) >= 11 is 0. The van der Waals surface area contributed by atoms with Crippen LogP contribution in [-0.4, -0.2) is 45.6 Å². The van der Waals surface area contributed by atoms with E-state index < -0.39 is 10.0 Å². The van der Waals surface area contributed by atoms with Gasteiger partial charge in [0, 0.05) is 32.6 Å². The van der Waals surface area contributed by atoms with E-state index in [0.29, 0.717) is 22.8 Å². The Labute approximate surface area is 171 Å². The van der Waals surface area contributed by atoms with Crippen molar-refractivity contribution >= 4 is 38.2 Å². The maximum Gasteiger partial charge on any atom is 0.262 e. The topological polar surface area (TPSA) is 78.4 Å². The minimum absolute atomic E-state index is 0.236. The van der Waals surface area contributed by atoms with Crippen LogP contribution in [0.5, 0.6) is 0 Å². The lowest BCUT2D eigenvalue weighted by molar-refractivity contribution is 0.568. The number of piperidine rings is 1. The summed E-state index contributed by atoms with van der Waals surface area (Å²) in [7, 11) is -0.113. The van der Waals surface area contributed by atoms with E-state index in [1.54, 1.807) is 23.2 Å². The van der Waals surface area contributed by atoms with Crippen molar-refractivity contribution in [1.29, 1.82) is 0 Å². The molecule has 0 bridgehead atoms. The van der Waals surface area contributed by atoms with Gasteiger partial charge >= 0.3 is 0 Å². The van der Waals surface area contributed by atoms with Gasteiger partial charge in [-0.3, -0.25) is 4.72 Å². The molecule has 1 aliphatic rings. The molecule has 4 rings (SSSR count). The molecule has 2 heterocycles. The van der Waals surface area contributed by atoms with Gasteiger partial charge in [0.25, 0.3) is 10.0 Å². The Hall–Kier alpha value is -2.87. The van der Waals surface area contributed by atoms with Crippen LogP contribution in [0.2, 0.25) is 0 Å². The molecule has 1 saturated heterocycles. The molecule has 1 aliphatic heterocycles. The summed E-state index contributed by atoms with van der Waals surface area (Å²) in [6.07, 6.45) is 5.03. The molecule has 1 N–H and O–H groups in total. The Balaban J connectivity index is 1.70. The van der Waals surface area contributed by atoms with E-state index in [0.717, 1.165) is 31.3 Å². The first kappa shape index (κ1) is 19.4. The highest BCUT2D eigenvalue weighted by molar-refractivity contribution is 7.93. The lowest BCUT2D eigenvalue weighted by atomic mass is 10.1. The van der Waals surface area contributed by atoms with Gasteiger partial charge in [-0.15, -0.1) is 0 Å². The number of hydrogen-bond acceptors (Lipinski definition) is 6. The highest BCUT2D eigenvalue weighted by Crippen LogP contribution is 2.29. The summed E-state index contributed by atoms with van der Waals surface area (Å²) in [5.74, 6) is 1.19. The number of hydrogen-bond donors (Lipinski definition) is 1. The summed E-state index contributed by atoms with van der Waals surface area (Å²) in [5, 5.41) is 1.56. The second-order valence-corrected chi connectivity index (χ2v) is 9.08. The average molecular weight is 412 g/mol. The largest absolute Gasteiger partial charge is 0.361 e. The second kappa shape index (κ2) is 7.87. The van der Waals surface area contributed by atoms with Gasteiger partial charge in [-0.1, -0.05) is 36.4 Å². The molecule has 29 heavy (non-hydrogen) atoms. The number of nitrogens with zero attached hydrogens (tertiary/aromatic N) is 4. The van der Waals surface area contributed by atoms with E-state index in [-0.39, 0.29) is 4.90 Å². The summed E-state index contributed by atoms with van der Waals surface area (Å²) in [6, 6.07) is 12.7. The highest BCUT2D eigenvalue weighted by Gasteiger charge is 2.22. The summed E-state index contributed by atoms with van der Waals surface area (Å²) in [5.41, 5.74) is 0.365. The van der Waals surface area contributed by atoms with Crippen molar-refractivity contribution in [1.82, 2.24) is 9.97 Å². The molecule has 152 valence electrons. The fourth-order valence-electron chi connectivity index (χ4n) is 3.65. The Morgan fingerprint density at radius 3 is 2.48 bits per heavy atom. The zero-order valence-corrected chi connectivity index (χ0v) is 17.5. The molecule has 0 aliphatic carbocycles. The number of nitrogens with one attached hydrogen (secondary N) is 1. The predicted octanol–water partition coefficient (Wildman–Crippen LogP) is 3.49. The van der Waals surface area contributed by atoms with E-state index >= 15 is 0 Å². The maximum absolute atomic E-state index is 13.2. The predicted molar refractivity (Wildman–Crippen MR) is 117 cm³/mol. The average Bonchev–Trinajstić information content (AvgIpc) is 2.74. The van der Waals surface area contributed by atoms with Crippen LogP contribution >= 0.6 is 0 Å². The third-order valence-electron chi connectivity index (χ3n) is 5.10. The van der Waals surface area contributed by atoms with Crippen molar-refractivity contribution in [2.75, 3.05) is 41.7 Å². The quantitative estimate of drug-likeness (QED) is 0.692. The van der Waals surface area contributed by atoms with Gasteiger partial charge in [0.2, 0.25) is 5.95 Å². The normalized spacial score (nSPS) is 14.8. The van der Waals surface area contributed by atoms with Gasteiger partial charge < -0.3 is 9.80 Å². The fourth-order valence-corrected chi connectivity index (χ4v) is 4.93. The van der Waals surface area contributed by atoms with E-state index in [1.165, 1.54) is 6.42 Å². The van der Waals surface area contributed by atoms with E-state index in [2.05, 4.69) is 19.6 Å². The van der Waals surface area contributed by atoms with Gasteiger partial charge in [0.05, 0.1) is 11.1 Å². The number of aromatic nitrogens is 2. The van der Waals surface area contributed by atoms with E-state index in [1.807, 2.05) is 44.4 Å². The Morgan fingerprint density at radius 1 is 1.00 bits per heavy atom. The van der Waals surface area contributed by atoms with Crippen LogP contribution in [-0.2, 0) is 10.0 Å². The number of rotatable bonds is 5. The molecular formula is C21H25N5O2S. The van der Waals surface area contributed by atoms with Crippen LogP contribution in [0.15, 0.2) is 53.6 Å². The van der Waals surface area contributed by atoms with Crippen LogP contribution in [0.4, 0.5) is 17.5 Å². The third kappa shape index (κ3) is 3.98. The van der Waals surface area contributed by atoms with Crippen LogP contribution in [0.1, 0.15) is 19.3 Å². The standard InChI is InChI=1S/C21H25N5O2S/c1-25(2)20-18(15-22-21(23-20)26-13-6-3-7-14-26)24-29(27,28)19-12-8-10-16-9-4-5-11-17(16)19/h4-5,8-12,15,24H,3,6-7,13-14H2,1-2H3. The first-order chi connectivity index (χ1) is 14.0. The molecule has 7 nitrogen and oxygen atoms in total. The minimum Gasteiger partial charge on any atom is -0.361 e. The molecule has 1 fully saturated rings. The Bertz CT molecular complexity index is 1120. The van der Waals surface area contributed by atoms with E-state index in [9.17, 15) is 8.42 Å². The van der Waals surface area contributed by atoms with Gasteiger partial charge in [-0.05, 0) is 30.7 Å². The summed E-state index contributed by atoms with van der Waals surface area (Å²) in [4.78, 5) is 13.3. The molecule has 8 heteroatoms. The highest BCUT2D eigenvalue weighted by atomic mass is 32.2. The zero-order chi connectivity index (χ0) is 20.4. The Morgan fingerprint density at radius 2 is 1.72 bits per heavy atom. The molecule has 3 aromatic rings. The first-order valence-corrected chi connectivity index (χ1v) is 11.2. The van der Waals surface area contributed by atoms with Crippen molar-refractivity contribution in [2.45, 2.75) is 24.2 Å². The molecule has 2 aromatic carbocycles. The van der Waals surface area contributed by atoms with Crippen molar-refractivity contribution in [3.05, 3.63) is 48.7 Å². The minimum atomic E-state index is -3.80. The molecule has 0 radical (unpaired) electrons. The van der Waals surface area contributed by atoms with Crippen molar-refractivity contribution in [2.24, 2.45) is 0 Å². The number of benzene rings is 2. The van der Waals surface area contributed by atoms with Gasteiger partial charge in [0.1, 0.15) is 5.69 Å². The summed E-state index contributed by atoms with van der Waals surface area (Å²) in [6.45, 7) is 1.85. The molecule has 0 spiro atoms. The SMILES string of the molecule is CN(C)c1nc(N2CCCCC2)ncc1NS(=O)(=O)c1cccc2ccccc12. The smallest absolute Gasteiger partial charge is 0.262 e. The molecule has 1 aromatic heterocycles. The first-order valence-electron chi connectivity index (χ1n) is 9.75. The van der Waals surface area contributed by atoms with Crippen LogP contribution < -0.4 is 14.5 Å². The number of anilines is 3. The number of fused-ring (bicyclic) bond motifs is 1. The van der Waals surface area contributed by atoms with Crippen molar-refractivity contribution in [3.8, 4) is 0 Å². The van der Waals surface area contributed by atoms with Crippen molar-refractivity contribution in [3.63, 3.8) is 0 Å². The van der Waals surface area contributed by atoms with Crippen molar-refractivity contribution < 1.29 is 8.42 Å². The van der Waals surface area contributed by atoms with Gasteiger partial charge in [-0.2, -0.15) is 4.98 Å². The second-order valence-electron chi connectivity index (χ2n) is 7.43. The summed E-state index contributed by atoms with van der Waals surface area (Å²) < 4.78 is 29.1. The lowest BCUT2D eigenvalue weighted by Crippen LogP contribution is -2.31. The fraction of sp³-hybridized carbons (Fsp3) is 0.333. The molecule has 0 unspecified atom stereocenters. The molecule has 0 atom stereocenters. The third-order valence-corrected chi connectivity index (χ3v) is 6.53. The molecular weight excluding hydrogens is 386 g/mol. The van der Waals surface area contributed by atoms with Crippen LogP contribution in [0.25, 0.3) is 10.8 Å². The maximum atomic E-state index is 13.2. The van der Waals surface area contributed by atoms with E-state index in [4.69, 9.17) is 0 Å². The zero-order valence-electron chi connectivity index (χ0n) is 16.7. The van der Waals surface area contributed by atoms with Gasteiger partial charge in [0.15, 0.2) is 5.82 Å². The van der Waals surface area contributed by atoms with Crippen LogP contribution in [0.3, 0.4) is 0 Å².